The molecule has 17 heavy (non-hydrogen) atoms. The molecule has 0 radical (unpaired) electrons. The number of carbonyl (C=O) groups excluding carboxylic acids is 1. The van der Waals surface area contributed by atoms with Gasteiger partial charge in [0.2, 0.25) is 0 Å². The molecule has 1 unspecified atom stereocenters. The predicted molar refractivity (Wildman–Crippen MR) is 71.8 cm³/mol. The van der Waals surface area contributed by atoms with Crippen LogP contribution in [0, 0.1) is 5.92 Å². The lowest BCUT2D eigenvalue weighted by Gasteiger charge is -2.10. The van der Waals surface area contributed by atoms with Crippen molar-refractivity contribution in [3.05, 3.63) is 35.9 Å². The van der Waals surface area contributed by atoms with Crippen molar-refractivity contribution in [2.75, 3.05) is 19.8 Å². The molecule has 2 N–H and O–H groups in total. The van der Waals surface area contributed by atoms with Gasteiger partial charge in [-0.2, -0.15) is 0 Å². The molecule has 0 saturated carbocycles. The molecular weight excluding hydrogens is 234 g/mol. The third kappa shape index (κ3) is 5.86. The van der Waals surface area contributed by atoms with Gasteiger partial charge >= 0.3 is 0 Å². The number of hydrogen-bond acceptors (Lipinski definition) is 4. The minimum Gasteiger partial charge on any atom is -0.379 e. The van der Waals surface area contributed by atoms with Crippen molar-refractivity contribution in [1.29, 1.82) is 0 Å². The van der Waals surface area contributed by atoms with Crippen LogP contribution in [0.5, 0.6) is 0 Å². The summed E-state index contributed by atoms with van der Waals surface area (Å²) in [4.78, 5) is 11.8. The van der Waals surface area contributed by atoms with E-state index in [1.54, 1.807) is 0 Å². The standard InChI is InChI=1S/C13H19NO2S/c1-11(9-16-8-7-14)13(15)17-10-12-5-3-2-4-6-12/h2-6,11H,7-10,14H2,1H3. The third-order valence-electron chi connectivity index (χ3n) is 2.26. The Labute approximate surface area is 107 Å². The van der Waals surface area contributed by atoms with Crippen LogP contribution in [0.15, 0.2) is 30.3 Å². The van der Waals surface area contributed by atoms with E-state index in [1.165, 1.54) is 17.3 Å². The maximum Gasteiger partial charge on any atom is 0.194 e. The summed E-state index contributed by atoms with van der Waals surface area (Å²) >= 11 is 1.35. The first-order valence-corrected chi connectivity index (χ1v) is 6.71. The van der Waals surface area contributed by atoms with Crippen molar-refractivity contribution >= 4 is 16.9 Å². The Morgan fingerprint density at radius 2 is 2.12 bits per heavy atom. The van der Waals surface area contributed by atoms with Gasteiger partial charge in [0, 0.05) is 18.2 Å². The first-order chi connectivity index (χ1) is 8.24. The molecular formula is C13H19NO2S. The molecule has 0 bridgehead atoms. The topological polar surface area (TPSA) is 52.3 Å². The van der Waals surface area contributed by atoms with E-state index in [0.29, 0.717) is 19.8 Å². The summed E-state index contributed by atoms with van der Waals surface area (Å²) in [6, 6.07) is 9.98. The molecule has 0 aromatic heterocycles. The Morgan fingerprint density at radius 3 is 2.76 bits per heavy atom. The quantitative estimate of drug-likeness (QED) is 0.756. The van der Waals surface area contributed by atoms with Crippen LogP contribution in [0.2, 0.25) is 0 Å². The molecule has 0 spiro atoms. The van der Waals surface area contributed by atoms with Gasteiger partial charge in [-0.3, -0.25) is 4.79 Å². The number of nitrogens with two attached hydrogens (primary N) is 1. The SMILES string of the molecule is CC(COCCN)C(=O)SCc1ccccc1. The van der Waals surface area contributed by atoms with Crippen molar-refractivity contribution < 1.29 is 9.53 Å². The van der Waals surface area contributed by atoms with Crippen LogP contribution in [0.25, 0.3) is 0 Å². The molecule has 1 rings (SSSR count). The molecule has 1 aromatic carbocycles. The fourth-order valence-electron chi connectivity index (χ4n) is 1.28. The second-order valence-electron chi connectivity index (χ2n) is 3.86. The van der Waals surface area contributed by atoms with E-state index in [9.17, 15) is 4.79 Å². The number of ether oxygens (including phenoxy) is 1. The van der Waals surface area contributed by atoms with Crippen molar-refractivity contribution in [2.24, 2.45) is 11.7 Å². The normalized spacial score (nSPS) is 12.4. The highest BCUT2D eigenvalue weighted by Crippen LogP contribution is 2.17. The van der Waals surface area contributed by atoms with Crippen LogP contribution in [-0.4, -0.2) is 24.9 Å². The maximum atomic E-state index is 11.8. The summed E-state index contributed by atoms with van der Waals surface area (Å²) < 4.78 is 5.26. The highest BCUT2D eigenvalue weighted by molar-refractivity contribution is 8.13. The monoisotopic (exact) mass is 253 g/mol. The van der Waals surface area contributed by atoms with E-state index in [4.69, 9.17) is 10.5 Å². The Kier molecular flexibility index (Phi) is 6.93. The summed E-state index contributed by atoms with van der Waals surface area (Å²) in [5, 5.41) is 0.172. The molecule has 0 heterocycles. The van der Waals surface area contributed by atoms with Crippen molar-refractivity contribution in [1.82, 2.24) is 0 Å². The molecule has 3 nitrogen and oxygen atoms in total. The second kappa shape index (κ2) is 8.28. The van der Waals surface area contributed by atoms with Crippen molar-refractivity contribution in [2.45, 2.75) is 12.7 Å². The molecule has 0 amide bonds. The molecule has 0 saturated heterocycles. The number of benzene rings is 1. The third-order valence-corrected chi connectivity index (χ3v) is 3.42. The van der Waals surface area contributed by atoms with Gasteiger partial charge in [-0.1, -0.05) is 49.0 Å². The van der Waals surface area contributed by atoms with Crippen LogP contribution in [0.1, 0.15) is 12.5 Å². The summed E-state index contributed by atoms with van der Waals surface area (Å²) in [6.07, 6.45) is 0. The van der Waals surface area contributed by atoms with E-state index >= 15 is 0 Å². The summed E-state index contributed by atoms with van der Waals surface area (Å²) in [7, 11) is 0. The fraction of sp³-hybridized carbons (Fsp3) is 0.462. The Balaban J connectivity index is 2.24. The van der Waals surface area contributed by atoms with Crippen molar-refractivity contribution in [3.8, 4) is 0 Å². The van der Waals surface area contributed by atoms with E-state index in [2.05, 4.69) is 0 Å². The van der Waals surface area contributed by atoms with Gasteiger partial charge in [-0.15, -0.1) is 0 Å². The Bertz CT molecular complexity index is 329. The van der Waals surface area contributed by atoms with Crippen LogP contribution >= 0.6 is 11.8 Å². The van der Waals surface area contributed by atoms with Gasteiger partial charge in [0.1, 0.15) is 0 Å². The zero-order valence-corrected chi connectivity index (χ0v) is 10.9. The van der Waals surface area contributed by atoms with Gasteiger partial charge in [-0.05, 0) is 5.56 Å². The summed E-state index contributed by atoms with van der Waals surface area (Å²) in [5.41, 5.74) is 6.48. The van der Waals surface area contributed by atoms with E-state index in [1.807, 2.05) is 37.3 Å². The predicted octanol–water partition coefficient (Wildman–Crippen LogP) is 2.06. The number of rotatable bonds is 7. The first kappa shape index (κ1) is 14.2. The molecule has 1 atom stereocenters. The van der Waals surface area contributed by atoms with Crippen LogP contribution in [0.3, 0.4) is 0 Å². The highest BCUT2D eigenvalue weighted by Gasteiger charge is 2.13. The van der Waals surface area contributed by atoms with Crippen LogP contribution in [-0.2, 0) is 15.3 Å². The lowest BCUT2D eigenvalue weighted by atomic mass is 10.2. The number of hydrogen-bond donors (Lipinski definition) is 1. The highest BCUT2D eigenvalue weighted by atomic mass is 32.2. The Hall–Kier alpha value is -0.840. The Morgan fingerprint density at radius 1 is 1.41 bits per heavy atom. The van der Waals surface area contributed by atoms with Gasteiger partial charge in [0.05, 0.1) is 13.2 Å². The zero-order chi connectivity index (χ0) is 12.5. The molecule has 0 aliphatic carbocycles. The molecule has 0 aliphatic heterocycles. The lowest BCUT2D eigenvalue weighted by molar-refractivity contribution is -0.115. The lowest BCUT2D eigenvalue weighted by Crippen LogP contribution is -2.17. The smallest absolute Gasteiger partial charge is 0.194 e. The molecule has 1 aromatic rings. The minimum absolute atomic E-state index is 0.0738. The van der Waals surface area contributed by atoms with Crippen LogP contribution < -0.4 is 5.73 Å². The van der Waals surface area contributed by atoms with Gasteiger partial charge in [0.25, 0.3) is 0 Å². The first-order valence-electron chi connectivity index (χ1n) is 5.72. The van der Waals surface area contributed by atoms with E-state index < -0.39 is 0 Å². The van der Waals surface area contributed by atoms with Gasteiger partial charge in [-0.25, -0.2) is 0 Å². The number of carbonyl (C=O) groups is 1. The average molecular weight is 253 g/mol. The second-order valence-corrected chi connectivity index (χ2v) is 4.84. The average Bonchev–Trinajstić information content (AvgIpc) is 2.37. The minimum atomic E-state index is -0.0738. The maximum absolute atomic E-state index is 11.8. The molecule has 4 heteroatoms. The van der Waals surface area contributed by atoms with Crippen LogP contribution in [0.4, 0.5) is 0 Å². The van der Waals surface area contributed by atoms with E-state index in [0.717, 1.165) is 5.75 Å². The summed E-state index contributed by atoms with van der Waals surface area (Å²) in [5.74, 6) is 0.649. The van der Waals surface area contributed by atoms with Gasteiger partial charge in [0.15, 0.2) is 5.12 Å². The largest absolute Gasteiger partial charge is 0.379 e. The summed E-state index contributed by atoms with van der Waals surface area (Å²) in [6.45, 7) is 3.35. The fourth-order valence-corrected chi connectivity index (χ4v) is 2.14. The van der Waals surface area contributed by atoms with E-state index in [-0.39, 0.29) is 11.0 Å². The molecule has 94 valence electrons. The number of thioether (sulfide) groups is 1. The van der Waals surface area contributed by atoms with Gasteiger partial charge < -0.3 is 10.5 Å². The molecule has 0 aliphatic rings. The van der Waals surface area contributed by atoms with Crippen molar-refractivity contribution in [3.63, 3.8) is 0 Å². The zero-order valence-electron chi connectivity index (χ0n) is 10.1. The molecule has 0 fully saturated rings.